The summed E-state index contributed by atoms with van der Waals surface area (Å²) in [6, 6.07) is 5.70. The summed E-state index contributed by atoms with van der Waals surface area (Å²) in [7, 11) is 0. The van der Waals surface area contributed by atoms with Crippen LogP contribution in [0.5, 0.6) is 0 Å². The van der Waals surface area contributed by atoms with Crippen LogP contribution in [0.3, 0.4) is 0 Å². The van der Waals surface area contributed by atoms with Crippen molar-refractivity contribution in [3.8, 4) is 0 Å². The fraction of sp³-hybridized carbons (Fsp3) is 0.429. The number of nitrogens with two attached hydrogens (primary N) is 1. The molecule has 0 aliphatic carbocycles. The van der Waals surface area contributed by atoms with Crippen LogP contribution in [-0.4, -0.2) is 9.97 Å². The van der Waals surface area contributed by atoms with Crippen LogP contribution in [0.15, 0.2) is 22.6 Å². The van der Waals surface area contributed by atoms with Gasteiger partial charge in [0.05, 0.1) is 6.04 Å². The van der Waals surface area contributed by atoms with Crippen molar-refractivity contribution in [2.45, 2.75) is 39.7 Å². The second-order valence-electron chi connectivity index (χ2n) is 5.11. The number of nitrogens with zero attached hydrogens (tertiary/aromatic N) is 2. The largest absolute Gasteiger partial charge is 0.464 e. The van der Waals surface area contributed by atoms with Crippen molar-refractivity contribution in [1.29, 1.82) is 0 Å². The smallest absolute Gasteiger partial charge is 0.145 e. The summed E-state index contributed by atoms with van der Waals surface area (Å²) >= 11 is 0. The zero-order valence-corrected chi connectivity index (χ0v) is 12.3. The van der Waals surface area contributed by atoms with E-state index in [-0.39, 0.29) is 12.0 Å². The summed E-state index contributed by atoms with van der Waals surface area (Å²) in [6.07, 6.45) is 0. The number of furan rings is 1. The normalized spacial score (nSPS) is 12.5. The summed E-state index contributed by atoms with van der Waals surface area (Å²) in [4.78, 5) is 8.82. The van der Waals surface area contributed by atoms with Crippen LogP contribution >= 0.6 is 0 Å². The molecule has 108 valence electrons. The molecule has 2 rings (SSSR count). The van der Waals surface area contributed by atoms with Gasteiger partial charge < -0.3 is 15.2 Å². The maximum atomic E-state index is 5.61. The van der Waals surface area contributed by atoms with Gasteiger partial charge in [0.25, 0.3) is 0 Å². The molecule has 0 saturated carbocycles. The third kappa shape index (κ3) is 3.27. The zero-order valence-electron chi connectivity index (χ0n) is 12.3. The minimum absolute atomic E-state index is 0.0178. The van der Waals surface area contributed by atoms with E-state index in [1.165, 1.54) is 0 Å². The number of aryl methyl sites for hydroxylation is 1. The second kappa shape index (κ2) is 5.92. The Morgan fingerprint density at radius 1 is 1.15 bits per heavy atom. The van der Waals surface area contributed by atoms with E-state index < -0.39 is 0 Å². The number of rotatable bonds is 5. The fourth-order valence-corrected chi connectivity index (χ4v) is 1.85. The summed E-state index contributed by atoms with van der Waals surface area (Å²) in [5.41, 5.74) is 2.57. The molecule has 0 amide bonds. The number of hydrogen-bond donors (Lipinski definition) is 3. The molecule has 0 aromatic carbocycles. The first-order valence-electron chi connectivity index (χ1n) is 6.68. The van der Waals surface area contributed by atoms with Crippen molar-refractivity contribution < 1.29 is 4.42 Å². The number of nitrogen functional groups attached to an aromatic ring is 1. The Kier molecular flexibility index (Phi) is 4.24. The Balaban J connectivity index is 2.21. The van der Waals surface area contributed by atoms with E-state index in [4.69, 9.17) is 10.3 Å². The first-order valence-corrected chi connectivity index (χ1v) is 6.68. The molecule has 0 radical (unpaired) electrons. The quantitative estimate of drug-likeness (QED) is 0.574. The molecule has 0 aliphatic rings. The molecule has 0 spiro atoms. The van der Waals surface area contributed by atoms with Crippen LogP contribution < -0.4 is 16.6 Å². The SMILES string of the molecule is Cc1ccc(C(C)Nc2cc(NN)nc(C(C)C)n2)o1. The lowest BCUT2D eigenvalue weighted by atomic mass is 10.2. The van der Waals surface area contributed by atoms with Gasteiger partial charge in [-0.15, -0.1) is 0 Å². The molecule has 0 saturated heterocycles. The van der Waals surface area contributed by atoms with Crippen LogP contribution in [0.25, 0.3) is 0 Å². The molecule has 0 aliphatic heterocycles. The van der Waals surface area contributed by atoms with Crippen LogP contribution in [0.2, 0.25) is 0 Å². The predicted octanol–water partition coefficient (Wildman–Crippen LogP) is 2.96. The number of aromatic nitrogens is 2. The lowest BCUT2D eigenvalue weighted by Crippen LogP contribution is -2.14. The third-order valence-corrected chi connectivity index (χ3v) is 2.96. The fourth-order valence-electron chi connectivity index (χ4n) is 1.85. The van der Waals surface area contributed by atoms with Crippen molar-refractivity contribution in [3.63, 3.8) is 0 Å². The monoisotopic (exact) mass is 275 g/mol. The van der Waals surface area contributed by atoms with Gasteiger partial charge in [-0.25, -0.2) is 15.8 Å². The van der Waals surface area contributed by atoms with Gasteiger partial charge in [-0.05, 0) is 26.0 Å². The molecular weight excluding hydrogens is 254 g/mol. The number of nitrogens with one attached hydrogen (secondary N) is 2. The van der Waals surface area contributed by atoms with E-state index in [0.29, 0.717) is 5.82 Å². The molecule has 2 aromatic rings. The van der Waals surface area contributed by atoms with Gasteiger partial charge in [0, 0.05) is 12.0 Å². The van der Waals surface area contributed by atoms with Gasteiger partial charge in [-0.2, -0.15) is 0 Å². The molecule has 6 heteroatoms. The first-order chi connectivity index (χ1) is 9.49. The highest BCUT2D eigenvalue weighted by Gasteiger charge is 2.13. The Bertz CT molecular complexity index is 579. The summed E-state index contributed by atoms with van der Waals surface area (Å²) in [6.45, 7) is 8.02. The highest BCUT2D eigenvalue weighted by atomic mass is 16.3. The molecule has 0 bridgehead atoms. The van der Waals surface area contributed by atoms with Crippen LogP contribution in [0.1, 0.15) is 50.1 Å². The van der Waals surface area contributed by atoms with Gasteiger partial charge in [-0.1, -0.05) is 13.8 Å². The van der Waals surface area contributed by atoms with E-state index in [2.05, 4.69) is 20.7 Å². The van der Waals surface area contributed by atoms with Gasteiger partial charge in [0.15, 0.2) is 0 Å². The number of hydrazine groups is 1. The van der Waals surface area contributed by atoms with E-state index in [9.17, 15) is 0 Å². The molecule has 1 unspecified atom stereocenters. The Morgan fingerprint density at radius 3 is 2.40 bits per heavy atom. The summed E-state index contributed by atoms with van der Waals surface area (Å²) in [5.74, 6) is 9.49. The first kappa shape index (κ1) is 14.3. The van der Waals surface area contributed by atoms with E-state index in [1.807, 2.05) is 39.8 Å². The number of anilines is 2. The Hall–Kier alpha value is -2.08. The second-order valence-corrected chi connectivity index (χ2v) is 5.11. The minimum atomic E-state index is 0.0178. The van der Waals surface area contributed by atoms with Gasteiger partial charge >= 0.3 is 0 Å². The highest BCUT2D eigenvalue weighted by Crippen LogP contribution is 2.22. The lowest BCUT2D eigenvalue weighted by Gasteiger charge is -2.15. The van der Waals surface area contributed by atoms with Crippen LogP contribution in [0, 0.1) is 6.92 Å². The molecule has 0 fully saturated rings. The van der Waals surface area contributed by atoms with Gasteiger partial charge in [0.1, 0.15) is 29.0 Å². The average molecular weight is 275 g/mol. The van der Waals surface area contributed by atoms with Crippen molar-refractivity contribution in [3.05, 3.63) is 35.5 Å². The maximum absolute atomic E-state index is 5.61. The zero-order chi connectivity index (χ0) is 14.7. The summed E-state index contributed by atoms with van der Waals surface area (Å²) < 4.78 is 5.61. The van der Waals surface area contributed by atoms with Crippen molar-refractivity contribution in [2.24, 2.45) is 5.84 Å². The van der Waals surface area contributed by atoms with Gasteiger partial charge in [0.2, 0.25) is 0 Å². The average Bonchev–Trinajstić information content (AvgIpc) is 2.85. The molecule has 20 heavy (non-hydrogen) atoms. The topological polar surface area (TPSA) is 89.0 Å². The third-order valence-electron chi connectivity index (χ3n) is 2.96. The molecule has 1 atom stereocenters. The predicted molar refractivity (Wildman–Crippen MR) is 79.4 cm³/mol. The van der Waals surface area contributed by atoms with Crippen molar-refractivity contribution in [2.75, 3.05) is 10.7 Å². The molecule has 6 nitrogen and oxygen atoms in total. The van der Waals surface area contributed by atoms with E-state index in [1.54, 1.807) is 6.07 Å². The Labute approximate surface area is 118 Å². The van der Waals surface area contributed by atoms with Crippen molar-refractivity contribution in [1.82, 2.24) is 9.97 Å². The summed E-state index contributed by atoms with van der Waals surface area (Å²) in [5, 5.41) is 3.30. The maximum Gasteiger partial charge on any atom is 0.145 e. The van der Waals surface area contributed by atoms with Gasteiger partial charge in [-0.3, -0.25) is 0 Å². The molecular formula is C14H21N5O. The Morgan fingerprint density at radius 2 is 1.85 bits per heavy atom. The van der Waals surface area contributed by atoms with Crippen LogP contribution in [-0.2, 0) is 0 Å². The van der Waals surface area contributed by atoms with E-state index in [0.717, 1.165) is 23.2 Å². The van der Waals surface area contributed by atoms with Crippen LogP contribution in [0.4, 0.5) is 11.6 Å². The molecule has 2 aromatic heterocycles. The lowest BCUT2D eigenvalue weighted by molar-refractivity contribution is 0.466. The van der Waals surface area contributed by atoms with E-state index >= 15 is 0 Å². The molecule has 2 heterocycles. The standard InChI is InChI=1S/C14H21N5O/c1-8(2)14-17-12(7-13(18-14)19-15)16-10(4)11-6-5-9(3)20-11/h5-8,10H,15H2,1-4H3,(H2,16,17,18,19). The van der Waals surface area contributed by atoms with Crippen molar-refractivity contribution >= 4 is 11.6 Å². The number of hydrogen-bond acceptors (Lipinski definition) is 6. The minimum Gasteiger partial charge on any atom is -0.464 e. The molecule has 4 N–H and O–H groups in total. The highest BCUT2D eigenvalue weighted by molar-refractivity contribution is 5.48.